The van der Waals surface area contributed by atoms with E-state index in [1.807, 2.05) is 12.1 Å². The van der Waals surface area contributed by atoms with E-state index in [1.165, 1.54) is 0 Å². The van der Waals surface area contributed by atoms with Crippen molar-refractivity contribution in [1.29, 1.82) is 0 Å². The molecule has 2 N–H and O–H groups in total. The second-order valence-corrected chi connectivity index (χ2v) is 5.36. The van der Waals surface area contributed by atoms with Crippen LogP contribution in [-0.4, -0.2) is 37.4 Å². The number of amides is 1. The minimum Gasteiger partial charge on any atom is -0.493 e. The van der Waals surface area contributed by atoms with Crippen LogP contribution in [0.25, 0.3) is 10.9 Å². The number of hydrogen-bond donors (Lipinski definition) is 2. The van der Waals surface area contributed by atoms with E-state index in [0.717, 1.165) is 10.9 Å². The van der Waals surface area contributed by atoms with Crippen LogP contribution < -0.4 is 19.5 Å². The standard InChI is InChI=1S/C18H19N3O4/c1-23-14-7-11(8-15(24-2)17(14)25-3)9-19-18(22)13-6-4-5-12-10-20-21-16(12)13/h4-8,10H,9H2,1-3H3,(H,19,22)(H,20,21). The Morgan fingerprint density at radius 3 is 2.48 bits per heavy atom. The molecule has 0 radical (unpaired) electrons. The van der Waals surface area contributed by atoms with Crippen LogP contribution in [0.1, 0.15) is 15.9 Å². The fourth-order valence-corrected chi connectivity index (χ4v) is 2.67. The lowest BCUT2D eigenvalue weighted by Crippen LogP contribution is -2.23. The van der Waals surface area contributed by atoms with Gasteiger partial charge in [-0.3, -0.25) is 9.89 Å². The molecule has 0 saturated heterocycles. The molecule has 0 aliphatic rings. The lowest BCUT2D eigenvalue weighted by Gasteiger charge is -2.14. The number of fused-ring (bicyclic) bond motifs is 1. The van der Waals surface area contributed by atoms with Crippen molar-refractivity contribution in [3.63, 3.8) is 0 Å². The zero-order valence-electron chi connectivity index (χ0n) is 14.3. The number of rotatable bonds is 6. The second kappa shape index (κ2) is 7.12. The van der Waals surface area contributed by atoms with E-state index in [-0.39, 0.29) is 5.91 Å². The summed E-state index contributed by atoms with van der Waals surface area (Å²) in [5.74, 6) is 1.41. The first-order valence-corrected chi connectivity index (χ1v) is 7.67. The highest BCUT2D eigenvalue weighted by molar-refractivity contribution is 6.05. The van der Waals surface area contributed by atoms with Crippen molar-refractivity contribution in [2.24, 2.45) is 0 Å². The van der Waals surface area contributed by atoms with E-state index in [1.54, 1.807) is 45.7 Å². The lowest BCUT2D eigenvalue weighted by molar-refractivity contribution is 0.0952. The molecule has 3 aromatic rings. The minimum absolute atomic E-state index is 0.191. The van der Waals surface area contributed by atoms with Crippen LogP contribution in [-0.2, 0) is 6.54 Å². The van der Waals surface area contributed by atoms with Gasteiger partial charge in [-0.25, -0.2) is 0 Å². The highest BCUT2D eigenvalue weighted by Crippen LogP contribution is 2.38. The van der Waals surface area contributed by atoms with Crippen molar-refractivity contribution >= 4 is 16.8 Å². The molecule has 0 fully saturated rings. The molecular weight excluding hydrogens is 322 g/mol. The largest absolute Gasteiger partial charge is 0.493 e. The third-order valence-electron chi connectivity index (χ3n) is 3.90. The fraction of sp³-hybridized carbons (Fsp3) is 0.222. The fourth-order valence-electron chi connectivity index (χ4n) is 2.67. The maximum Gasteiger partial charge on any atom is 0.253 e. The zero-order valence-corrected chi connectivity index (χ0v) is 14.3. The van der Waals surface area contributed by atoms with Crippen molar-refractivity contribution in [3.05, 3.63) is 47.7 Å². The van der Waals surface area contributed by atoms with E-state index in [0.29, 0.717) is 34.9 Å². The van der Waals surface area contributed by atoms with Crippen LogP contribution in [0.15, 0.2) is 36.5 Å². The highest BCUT2D eigenvalue weighted by atomic mass is 16.5. The lowest BCUT2D eigenvalue weighted by atomic mass is 10.1. The number of aromatic nitrogens is 2. The number of nitrogens with one attached hydrogen (secondary N) is 2. The van der Waals surface area contributed by atoms with Crippen molar-refractivity contribution in [3.8, 4) is 17.2 Å². The summed E-state index contributed by atoms with van der Waals surface area (Å²) >= 11 is 0. The van der Waals surface area contributed by atoms with E-state index in [2.05, 4.69) is 15.5 Å². The number of methoxy groups -OCH3 is 3. The molecule has 0 spiro atoms. The van der Waals surface area contributed by atoms with Gasteiger partial charge in [-0.2, -0.15) is 5.10 Å². The second-order valence-electron chi connectivity index (χ2n) is 5.36. The zero-order chi connectivity index (χ0) is 17.8. The Balaban J connectivity index is 1.81. The third-order valence-corrected chi connectivity index (χ3v) is 3.90. The van der Waals surface area contributed by atoms with Gasteiger partial charge in [0.05, 0.1) is 38.6 Å². The quantitative estimate of drug-likeness (QED) is 0.719. The molecule has 0 saturated carbocycles. The van der Waals surface area contributed by atoms with Crippen molar-refractivity contribution in [2.45, 2.75) is 6.54 Å². The van der Waals surface area contributed by atoms with E-state index >= 15 is 0 Å². The molecule has 1 amide bonds. The van der Waals surface area contributed by atoms with Gasteiger partial charge in [-0.1, -0.05) is 12.1 Å². The van der Waals surface area contributed by atoms with Crippen LogP contribution in [0.5, 0.6) is 17.2 Å². The Morgan fingerprint density at radius 1 is 1.12 bits per heavy atom. The number of carbonyl (C=O) groups excluding carboxylic acids is 1. The van der Waals surface area contributed by atoms with Crippen LogP contribution in [0.2, 0.25) is 0 Å². The molecule has 130 valence electrons. The van der Waals surface area contributed by atoms with Gasteiger partial charge in [0.15, 0.2) is 11.5 Å². The van der Waals surface area contributed by atoms with Gasteiger partial charge in [-0.15, -0.1) is 0 Å². The summed E-state index contributed by atoms with van der Waals surface area (Å²) in [6, 6.07) is 9.09. The predicted molar refractivity (Wildman–Crippen MR) is 93.4 cm³/mol. The van der Waals surface area contributed by atoms with Gasteiger partial charge < -0.3 is 19.5 Å². The summed E-state index contributed by atoms with van der Waals surface area (Å²) < 4.78 is 16.0. The highest BCUT2D eigenvalue weighted by Gasteiger charge is 2.15. The van der Waals surface area contributed by atoms with E-state index in [4.69, 9.17) is 14.2 Å². The summed E-state index contributed by atoms with van der Waals surface area (Å²) in [5, 5.41) is 10.6. The first kappa shape index (κ1) is 16.6. The maximum atomic E-state index is 12.5. The Morgan fingerprint density at radius 2 is 1.84 bits per heavy atom. The third kappa shape index (κ3) is 3.21. The molecule has 25 heavy (non-hydrogen) atoms. The first-order chi connectivity index (χ1) is 12.2. The van der Waals surface area contributed by atoms with Gasteiger partial charge in [-0.05, 0) is 23.8 Å². The Labute approximate surface area is 144 Å². The van der Waals surface area contributed by atoms with Crippen LogP contribution in [0.3, 0.4) is 0 Å². The normalized spacial score (nSPS) is 10.5. The van der Waals surface area contributed by atoms with Gasteiger partial charge in [0.25, 0.3) is 5.91 Å². The molecule has 7 heteroatoms. The molecule has 0 bridgehead atoms. The summed E-state index contributed by atoms with van der Waals surface area (Å²) in [4.78, 5) is 12.5. The number of nitrogens with zero attached hydrogens (tertiary/aromatic N) is 1. The first-order valence-electron chi connectivity index (χ1n) is 7.67. The topological polar surface area (TPSA) is 85.5 Å². The van der Waals surface area contributed by atoms with Crippen molar-refractivity contribution < 1.29 is 19.0 Å². The van der Waals surface area contributed by atoms with Crippen molar-refractivity contribution in [2.75, 3.05) is 21.3 Å². The number of ether oxygens (including phenoxy) is 3. The summed E-state index contributed by atoms with van der Waals surface area (Å²) in [5.41, 5.74) is 2.09. The number of carbonyl (C=O) groups is 1. The van der Waals surface area contributed by atoms with Gasteiger partial charge in [0, 0.05) is 11.9 Å². The molecule has 0 aliphatic carbocycles. The molecule has 1 heterocycles. The number of aromatic amines is 1. The molecular formula is C18H19N3O4. The summed E-state index contributed by atoms with van der Waals surface area (Å²) in [6.07, 6.45) is 1.69. The number of hydrogen-bond acceptors (Lipinski definition) is 5. The minimum atomic E-state index is -0.191. The predicted octanol–water partition coefficient (Wildman–Crippen LogP) is 2.52. The van der Waals surface area contributed by atoms with Crippen molar-refractivity contribution in [1.82, 2.24) is 15.5 Å². The van der Waals surface area contributed by atoms with Gasteiger partial charge >= 0.3 is 0 Å². The SMILES string of the molecule is COc1cc(CNC(=O)c2cccc3cn[nH]c23)cc(OC)c1OC. The summed E-state index contributed by atoms with van der Waals surface area (Å²) in [6.45, 7) is 0.320. The van der Waals surface area contributed by atoms with Crippen LogP contribution in [0.4, 0.5) is 0 Å². The monoisotopic (exact) mass is 341 g/mol. The Bertz CT molecular complexity index is 879. The molecule has 0 atom stereocenters. The average Bonchev–Trinajstić information content (AvgIpc) is 3.13. The molecule has 0 aliphatic heterocycles. The Hall–Kier alpha value is -3.22. The molecule has 1 aromatic heterocycles. The smallest absolute Gasteiger partial charge is 0.253 e. The van der Waals surface area contributed by atoms with E-state index in [9.17, 15) is 4.79 Å². The average molecular weight is 341 g/mol. The van der Waals surface area contributed by atoms with Crippen LogP contribution in [0, 0.1) is 0 Å². The van der Waals surface area contributed by atoms with E-state index < -0.39 is 0 Å². The van der Waals surface area contributed by atoms with Gasteiger partial charge in [0.2, 0.25) is 5.75 Å². The number of H-pyrrole nitrogens is 1. The van der Waals surface area contributed by atoms with Crippen LogP contribution >= 0.6 is 0 Å². The molecule has 0 unspecified atom stereocenters. The maximum absolute atomic E-state index is 12.5. The summed E-state index contributed by atoms with van der Waals surface area (Å²) in [7, 11) is 4.66. The number of benzene rings is 2. The Kier molecular flexibility index (Phi) is 4.74. The van der Waals surface area contributed by atoms with Gasteiger partial charge in [0.1, 0.15) is 0 Å². The molecule has 7 nitrogen and oxygen atoms in total. The number of para-hydroxylation sites is 1. The molecule has 3 rings (SSSR count). The molecule has 2 aromatic carbocycles.